The lowest BCUT2D eigenvalue weighted by molar-refractivity contribution is -0.134. The van der Waals surface area contributed by atoms with Gasteiger partial charge in [0.2, 0.25) is 11.8 Å². The molecule has 1 aliphatic heterocycles. The Bertz CT molecular complexity index is 493. The van der Waals surface area contributed by atoms with Gasteiger partial charge >= 0.3 is 0 Å². The van der Waals surface area contributed by atoms with Crippen molar-refractivity contribution in [1.29, 1.82) is 0 Å². The molecule has 1 fully saturated rings. The largest absolute Gasteiger partial charge is 0.353 e. The Balaban J connectivity index is 1.71. The van der Waals surface area contributed by atoms with E-state index < -0.39 is 0 Å². The second-order valence-corrected chi connectivity index (χ2v) is 6.21. The Labute approximate surface area is 132 Å². The van der Waals surface area contributed by atoms with Crippen molar-refractivity contribution in [3.05, 3.63) is 35.9 Å². The summed E-state index contributed by atoms with van der Waals surface area (Å²) < 4.78 is 0. The third-order valence-corrected chi connectivity index (χ3v) is 4.41. The molecule has 120 valence electrons. The molecule has 1 unspecified atom stereocenters. The smallest absolute Gasteiger partial charge is 0.223 e. The molecular weight excluding hydrogens is 276 g/mol. The topological polar surface area (TPSA) is 49.4 Å². The average Bonchev–Trinajstić information content (AvgIpc) is 2.54. The standard InChI is InChI=1S/C18H26N2O2/c1-14(8-9-16-6-4-3-5-7-16)19-18(22)17-10-12-20(13-11-17)15(2)21/h3-7,14,17H,8-13H2,1-2H3,(H,19,22). The summed E-state index contributed by atoms with van der Waals surface area (Å²) in [5.74, 6) is 0.300. The number of carbonyl (C=O) groups excluding carboxylic acids is 2. The molecule has 2 rings (SSSR count). The number of carbonyl (C=O) groups is 2. The number of nitrogens with one attached hydrogen (secondary N) is 1. The maximum Gasteiger partial charge on any atom is 0.223 e. The van der Waals surface area contributed by atoms with E-state index in [1.807, 2.05) is 23.1 Å². The van der Waals surface area contributed by atoms with Crippen LogP contribution in [-0.4, -0.2) is 35.8 Å². The number of aryl methyl sites for hydroxylation is 1. The van der Waals surface area contributed by atoms with Crippen molar-refractivity contribution in [1.82, 2.24) is 10.2 Å². The number of amides is 2. The SMILES string of the molecule is CC(=O)N1CCC(C(=O)NC(C)CCc2ccccc2)CC1. The molecule has 0 bridgehead atoms. The third-order valence-electron chi connectivity index (χ3n) is 4.41. The number of piperidine rings is 1. The van der Waals surface area contributed by atoms with Crippen molar-refractivity contribution in [2.45, 2.75) is 45.6 Å². The van der Waals surface area contributed by atoms with Crippen molar-refractivity contribution in [3.63, 3.8) is 0 Å². The Morgan fingerprint density at radius 2 is 1.86 bits per heavy atom. The predicted molar refractivity (Wildman–Crippen MR) is 87.3 cm³/mol. The zero-order chi connectivity index (χ0) is 15.9. The number of hydrogen-bond acceptors (Lipinski definition) is 2. The van der Waals surface area contributed by atoms with E-state index >= 15 is 0 Å². The van der Waals surface area contributed by atoms with Gasteiger partial charge in [-0.2, -0.15) is 0 Å². The van der Waals surface area contributed by atoms with Gasteiger partial charge in [-0.3, -0.25) is 9.59 Å². The van der Waals surface area contributed by atoms with Gasteiger partial charge in [0.1, 0.15) is 0 Å². The van der Waals surface area contributed by atoms with E-state index in [0.29, 0.717) is 13.1 Å². The summed E-state index contributed by atoms with van der Waals surface area (Å²) in [5.41, 5.74) is 1.30. The molecule has 0 aromatic heterocycles. The van der Waals surface area contributed by atoms with Crippen molar-refractivity contribution in [2.24, 2.45) is 5.92 Å². The molecule has 2 amide bonds. The van der Waals surface area contributed by atoms with Gasteiger partial charge in [-0.05, 0) is 38.2 Å². The fraction of sp³-hybridized carbons (Fsp3) is 0.556. The minimum Gasteiger partial charge on any atom is -0.353 e. The van der Waals surface area contributed by atoms with Crippen LogP contribution in [0, 0.1) is 5.92 Å². The first-order chi connectivity index (χ1) is 10.6. The summed E-state index contributed by atoms with van der Waals surface area (Å²) >= 11 is 0. The van der Waals surface area contributed by atoms with Crippen LogP contribution in [0.25, 0.3) is 0 Å². The first-order valence-electron chi connectivity index (χ1n) is 8.16. The van der Waals surface area contributed by atoms with Gasteiger partial charge < -0.3 is 10.2 Å². The maximum absolute atomic E-state index is 12.3. The molecule has 4 heteroatoms. The first-order valence-corrected chi connectivity index (χ1v) is 8.16. The molecule has 1 saturated heterocycles. The van der Waals surface area contributed by atoms with E-state index in [9.17, 15) is 9.59 Å². The maximum atomic E-state index is 12.3. The molecule has 0 spiro atoms. The predicted octanol–water partition coefficient (Wildman–Crippen LogP) is 2.38. The molecule has 1 aromatic carbocycles. The molecule has 1 aromatic rings. The van der Waals surface area contributed by atoms with E-state index in [0.717, 1.165) is 25.7 Å². The second-order valence-electron chi connectivity index (χ2n) is 6.21. The molecular formula is C18H26N2O2. The van der Waals surface area contributed by atoms with Crippen LogP contribution in [0.5, 0.6) is 0 Å². The Kier molecular flexibility index (Phi) is 5.99. The van der Waals surface area contributed by atoms with Crippen LogP contribution >= 0.6 is 0 Å². The van der Waals surface area contributed by atoms with Crippen LogP contribution in [0.2, 0.25) is 0 Å². The van der Waals surface area contributed by atoms with Gasteiger partial charge in [0, 0.05) is 32.0 Å². The summed E-state index contributed by atoms with van der Waals surface area (Å²) in [5, 5.41) is 3.12. The van der Waals surface area contributed by atoms with Gasteiger partial charge in [-0.15, -0.1) is 0 Å². The van der Waals surface area contributed by atoms with Gasteiger partial charge in [-0.1, -0.05) is 30.3 Å². The normalized spacial score (nSPS) is 17.1. The number of hydrogen-bond donors (Lipinski definition) is 1. The zero-order valence-corrected chi connectivity index (χ0v) is 13.5. The molecule has 1 aliphatic rings. The lowest BCUT2D eigenvalue weighted by Crippen LogP contribution is -2.44. The van der Waals surface area contributed by atoms with Crippen molar-refractivity contribution in [3.8, 4) is 0 Å². The van der Waals surface area contributed by atoms with Crippen molar-refractivity contribution in [2.75, 3.05) is 13.1 Å². The Morgan fingerprint density at radius 1 is 1.23 bits per heavy atom. The number of nitrogens with zero attached hydrogens (tertiary/aromatic N) is 1. The average molecular weight is 302 g/mol. The van der Waals surface area contributed by atoms with E-state index in [1.54, 1.807) is 6.92 Å². The molecule has 1 heterocycles. The molecule has 22 heavy (non-hydrogen) atoms. The van der Waals surface area contributed by atoms with Gasteiger partial charge in [0.15, 0.2) is 0 Å². The summed E-state index contributed by atoms with van der Waals surface area (Å²) in [6.45, 7) is 5.05. The number of likely N-dealkylation sites (tertiary alicyclic amines) is 1. The van der Waals surface area contributed by atoms with E-state index in [-0.39, 0.29) is 23.8 Å². The quantitative estimate of drug-likeness (QED) is 0.908. The Hall–Kier alpha value is -1.84. The molecule has 4 nitrogen and oxygen atoms in total. The molecule has 0 radical (unpaired) electrons. The van der Waals surface area contributed by atoms with E-state index in [2.05, 4.69) is 24.4 Å². The third kappa shape index (κ3) is 4.86. The lowest BCUT2D eigenvalue weighted by Gasteiger charge is -2.31. The molecule has 1 atom stereocenters. The van der Waals surface area contributed by atoms with Crippen molar-refractivity contribution < 1.29 is 9.59 Å². The van der Waals surface area contributed by atoms with Crippen LogP contribution < -0.4 is 5.32 Å². The summed E-state index contributed by atoms with van der Waals surface area (Å²) in [7, 11) is 0. The van der Waals surface area contributed by atoms with Crippen LogP contribution in [0.1, 0.15) is 38.7 Å². The highest BCUT2D eigenvalue weighted by Crippen LogP contribution is 2.18. The summed E-state index contributed by atoms with van der Waals surface area (Å²) in [6, 6.07) is 10.5. The molecule has 0 aliphatic carbocycles. The minimum atomic E-state index is 0.0507. The highest BCUT2D eigenvalue weighted by Gasteiger charge is 2.26. The van der Waals surface area contributed by atoms with E-state index in [4.69, 9.17) is 0 Å². The second kappa shape index (κ2) is 7.97. The van der Waals surface area contributed by atoms with Crippen molar-refractivity contribution >= 4 is 11.8 Å². The zero-order valence-electron chi connectivity index (χ0n) is 13.5. The highest BCUT2D eigenvalue weighted by molar-refractivity contribution is 5.79. The Morgan fingerprint density at radius 3 is 2.45 bits per heavy atom. The van der Waals surface area contributed by atoms with Crippen LogP contribution in [0.15, 0.2) is 30.3 Å². The molecule has 0 saturated carbocycles. The fourth-order valence-corrected chi connectivity index (χ4v) is 2.92. The number of rotatable bonds is 5. The van der Waals surface area contributed by atoms with E-state index in [1.165, 1.54) is 5.56 Å². The minimum absolute atomic E-state index is 0.0507. The van der Waals surface area contributed by atoms with Gasteiger partial charge in [0.25, 0.3) is 0 Å². The summed E-state index contributed by atoms with van der Waals surface area (Å²) in [6.07, 6.45) is 3.47. The summed E-state index contributed by atoms with van der Waals surface area (Å²) in [4.78, 5) is 25.4. The number of benzene rings is 1. The first kappa shape index (κ1) is 16.5. The molecule has 1 N–H and O–H groups in total. The van der Waals surface area contributed by atoms with Gasteiger partial charge in [-0.25, -0.2) is 0 Å². The van der Waals surface area contributed by atoms with Gasteiger partial charge in [0.05, 0.1) is 0 Å². The highest BCUT2D eigenvalue weighted by atomic mass is 16.2. The lowest BCUT2D eigenvalue weighted by atomic mass is 9.95. The van der Waals surface area contributed by atoms with Crippen LogP contribution in [-0.2, 0) is 16.0 Å². The van der Waals surface area contributed by atoms with Crippen LogP contribution in [0.3, 0.4) is 0 Å². The van der Waals surface area contributed by atoms with Crippen LogP contribution in [0.4, 0.5) is 0 Å². The fourth-order valence-electron chi connectivity index (χ4n) is 2.92. The monoisotopic (exact) mass is 302 g/mol.